The Bertz CT molecular complexity index is 1100. The van der Waals surface area contributed by atoms with Crippen molar-refractivity contribution in [3.63, 3.8) is 0 Å². The third kappa shape index (κ3) is 4.17. The Morgan fingerprint density at radius 1 is 1.17 bits per heavy atom. The smallest absolute Gasteiger partial charge is 0.259 e. The lowest BCUT2D eigenvalue weighted by Crippen LogP contribution is -2.48. The van der Waals surface area contributed by atoms with Crippen molar-refractivity contribution in [3.8, 4) is 0 Å². The lowest BCUT2D eigenvalue weighted by atomic mass is 9.91. The average molecular weight is 530 g/mol. The van der Waals surface area contributed by atoms with Crippen LogP contribution in [0.25, 0.3) is 0 Å². The van der Waals surface area contributed by atoms with Crippen LogP contribution in [0.1, 0.15) is 19.4 Å². The molecule has 0 bridgehead atoms. The highest BCUT2D eigenvalue weighted by Crippen LogP contribution is 2.42. The minimum absolute atomic E-state index is 0.00131. The quantitative estimate of drug-likeness (QED) is 0.530. The fraction of sp³-hybridized carbons (Fsp3) is 0.190. The van der Waals surface area contributed by atoms with Gasteiger partial charge < -0.3 is 4.90 Å². The molecule has 1 heterocycles. The summed E-state index contributed by atoms with van der Waals surface area (Å²) >= 11 is 15.7. The second-order valence-electron chi connectivity index (χ2n) is 7.00. The number of hydrogen-bond donors (Lipinski definition) is 1. The van der Waals surface area contributed by atoms with Crippen LogP contribution in [0.3, 0.4) is 0 Å². The molecule has 0 spiro atoms. The number of allylic oxidation sites excluding steroid dienone is 1. The largest absolute Gasteiger partial charge is 0.303 e. The molecule has 0 aliphatic carbocycles. The highest BCUT2D eigenvalue weighted by atomic mass is 79.9. The summed E-state index contributed by atoms with van der Waals surface area (Å²) in [4.78, 5) is 16.5. The molecule has 0 N–H and O–H groups in total. The Morgan fingerprint density at radius 3 is 2.23 bits per heavy atom. The molecule has 1 aliphatic rings. The maximum atomic E-state index is 13.7. The van der Waals surface area contributed by atoms with E-state index in [-0.39, 0.29) is 23.2 Å². The normalized spacial score (nSPS) is 19.9. The Morgan fingerprint density at radius 2 is 1.73 bits per heavy atom. The molecular formula is C21H19BrCl2N2O3S. The average Bonchev–Trinajstić information content (AvgIpc) is 2.84. The number of benzene rings is 2. The van der Waals surface area contributed by atoms with E-state index in [1.54, 1.807) is 32.0 Å². The van der Waals surface area contributed by atoms with Gasteiger partial charge in [-0.3, -0.25) is 9.69 Å². The number of halogens is 3. The third-order valence-corrected chi connectivity index (χ3v) is 6.71. The number of carbonyl (C=O) groups excluding carboxylic acids is 1. The third-order valence-electron chi connectivity index (χ3n) is 4.92. The number of amides is 1. The van der Waals surface area contributed by atoms with Crippen LogP contribution in [0, 0.1) is 0 Å². The van der Waals surface area contributed by atoms with E-state index in [2.05, 4.69) is 22.5 Å². The highest BCUT2D eigenvalue weighted by molar-refractivity contribution is 9.10. The zero-order chi connectivity index (χ0) is 22.2. The molecule has 1 aliphatic heterocycles. The molecule has 1 saturated heterocycles. The van der Waals surface area contributed by atoms with Gasteiger partial charge in [-0.25, -0.2) is 8.42 Å². The minimum Gasteiger partial charge on any atom is -0.303 e. The molecule has 158 valence electrons. The van der Waals surface area contributed by atoms with Gasteiger partial charge >= 0.3 is 0 Å². The first-order valence-electron chi connectivity index (χ1n) is 8.93. The molecule has 1 fully saturated rings. The summed E-state index contributed by atoms with van der Waals surface area (Å²) in [6.07, 6.45) is 1.72. The van der Waals surface area contributed by atoms with Crippen LogP contribution in [0.4, 0.5) is 5.69 Å². The van der Waals surface area contributed by atoms with Crippen LogP contribution < -0.4 is 4.90 Å². The highest BCUT2D eigenvalue weighted by Gasteiger charge is 2.53. The van der Waals surface area contributed by atoms with Gasteiger partial charge in [-0.1, -0.05) is 63.9 Å². The van der Waals surface area contributed by atoms with Gasteiger partial charge in [0.2, 0.25) is 0 Å². The van der Waals surface area contributed by atoms with Crippen molar-refractivity contribution in [2.75, 3.05) is 4.90 Å². The lowest BCUT2D eigenvalue weighted by Gasteiger charge is -2.33. The van der Waals surface area contributed by atoms with Gasteiger partial charge in [0.1, 0.15) is 16.4 Å². The molecule has 0 radical (unpaired) electrons. The maximum absolute atomic E-state index is 13.7. The van der Waals surface area contributed by atoms with Gasteiger partial charge in [0.25, 0.3) is 5.91 Å². The predicted molar refractivity (Wildman–Crippen MR) is 125 cm³/mol. The Kier molecular flexibility index (Phi) is 6.67. The van der Waals surface area contributed by atoms with E-state index in [0.717, 1.165) is 10.0 Å². The van der Waals surface area contributed by atoms with E-state index in [0.29, 0.717) is 15.7 Å². The second kappa shape index (κ2) is 8.75. The van der Waals surface area contributed by atoms with E-state index in [9.17, 15) is 13.2 Å². The van der Waals surface area contributed by atoms with Crippen molar-refractivity contribution >= 4 is 61.4 Å². The number of nitrogens with zero attached hydrogens (tertiary/aromatic N) is 2. The maximum Gasteiger partial charge on any atom is 0.259 e. The summed E-state index contributed by atoms with van der Waals surface area (Å²) in [7, 11) is -2.97. The predicted octanol–water partition coefficient (Wildman–Crippen LogP) is 5.35. The molecule has 30 heavy (non-hydrogen) atoms. The Balaban J connectivity index is 2.17. The zero-order valence-electron chi connectivity index (χ0n) is 16.2. The molecule has 5 nitrogen and oxygen atoms in total. The molecule has 0 saturated carbocycles. The molecule has 0 aromatic heterocycles. The summed E-state index contributed by atoms with van der Waals surface area (Å²) in [6, 6.07) is 12.2. The molecule has 9 heteroatoms. The van der Waals surface area contributed by atoms with Crippen molar-refractivity contribution in [1.82, 2.24) is 4.90 Å². The van der Waals surface area contributed by atoms with Gasteiger partial charge in [-0.05, 0) is 49.7 Å². The molecule has 1 atom stereocenters. The van der Waals surface area contributed by atoms with Gasteiger partial charge in [-0.15, -0.1) is 0 Å². The second-order valence-corrected chi connectivity index (χ2v) is 9.76. The van der Waals surface area contributed by atoms with E-state index < -0.39 is 16.2 Å². The number of carbonyl (C=O) groups is 1. The standard InChI is InChI=1S/C21H19BrCl2N2O3S/c1-4-19(30(28)29)26-13(2)25(18-10-16(23)9-17(24)11-18)20(27)21(26,3)12-14-5-7-15(22)8-6-14/h4-11,30H,2,12H2,1,3H3/b19-4+/t21-/m1/s1. The summed E-state index contributed by atoms with van der Waals surface area (Å²) in [5, 5.41) is 0.707. The van der Waals surface area contributed by atoms with Gasteiger partial charge in [0, 0.05) is 20.9 Å². The number of thiol groups is 1. The van der Waals surface area contributed by atoms with Crippen molar-refractivity contribution in [1.29, 1.82) is 0 Å². The number of anilines is 1. The Hall–Kier alpha value is -1.80. The first-order valence-corrected chi connectivity index (χ1v) is 11.7. The van der Waals surface area contributed by atoms with Crippen molar-refractivity contribution < 1.29 is 13.2 Å². The van der Waals surface area contributed by atoms with Crippen LogP contribution in [-0.4, -0.2) is 24.8 Å². The van der Waals surface area contributed by atoms with E-state index in [1.807, 2.05) is 24.3 Å². The monoisotopic (exact) mass is 528 g/mol. The van der Waals surface area contributed by atoms with Gasteiger partial charge in [-0.2, -0.15) is 0 Å². The molecular weight excluding hydrogens is 511 g/mol. The van der Waals surface area contributed by atoms with E-state index >= 15 is 0 Å². The van der Waals surface area contributed by atoms with Crippen molar-refractivity contribution in [3.05, 3.63) is 86.1 Å². The summed E-state index contributed by atoms with van der Waals surface area (Å²) in [5.41, 5.74) is 0.0646. The van der Waals surface area contributed by atoms with Gasteiger partial charge in [0.05, 0.1) is 5.69 Å². The first kappa shape index (κ1) is 22.9. The molecule has 3 rings (SSSR count). The fourth-order valence-corrected chi connectivity index (χ4v) is 5.12. The Labute approximate surface area is 195 Å². The molecule has 0 unspecified atom stereocenters. The summed E-state index contributed by atoms with van der Waals surface area (Å²) in [5.74, 6) is -0.116. The van der Waals surface area contributed by atoms with Crippen molar-refractivity contribution in [2.24, 2.45) is 0 Å². The SMILES string of the molecule is C=C1N(c2cc(Cl)cc(Cl)c2)C(=O)[C@@](C)(Cc2ccc(Br)cc2)N1/C(=C\C)[SH](=O)=O. The minimum atomic E-state index is -2.97. The fourth-order valence-electron chi connectivity index (χ4n) is 3.63. The van der Waals surface area contributed by atoms with E-state index in [4.69, 9.17) is 23.2 Å². The van der Waals surface area contributed by atoms with Crippen LogP contribution in [0.2, 0.25) is 10.0 Å². The van der Waals surface area contributed by atoms with Crippen LogP contribution in [-0.2, 0) is 21.9 Å². The molecule has 2 aromatic rings. The van der Waals surface area contributed by atoms with Crippen LogP contribution in [0.5, 0.6) is 0 Å². The number of rotatable bonds is 5. The van der Waals surface area contributed by atoms with Crippen LogP contribution >= 0.6 is 39.1 Å². The van der Waals surface area contributed by atoms with E-state index in [1.165, 1.54) is 15.9 Å². The van der Waals surface area contributed by atoms with Crippen molar-refractivity contribution in [2.45, 2.75) is 25.8 Å². The lowest BCUT2D eigenvalue weighted by molar-refractivity contribution is -0.123. The topological polar surface area (TPSA) is 57.7 Å². The molecule has 1 amide bonds. The number of hydrogen-bond acceptors (Lipinski definition) is 4. The van der Waals surface area contributed by atoms with Gasteiger partial charge in [0.15, 0.2) is 10.7 Å². The van der Waals surface area contributed by atoms with Crippen LogP contribution in [0.15, 0.2) is 70.4 Å². The molecule has 2 aromatic carbocycles. The summed E-state index contributed by atoms with van der Waals surface area (Å²) in [6.45, 7) is 7.35. The first-order chi connectivity index (χ1) is 14.1. The zero-order valence-corrected chi connectivity index (χ0v) is 20.2. The summed E-state index contributed by atoms with van der Waals surface area (Å²) < 4.78 is 24.9.